The standard InChI is InChI=1S/C22H15F2N7O3/c1-30-7-9(6-27-30)20-29-17-15(24)13-5-12-16(26-8-25-12)18(31(13)22(32)19(17)34-20)21-28-11-4-10(23)2-3-14(11)33-21/h2-4,6-8,13,15,18H,5H2,1H3,(H,25,26)/t13?,15?,18-/m0/s1. The Bertz CT molecular complexity index is 1600. The average Bonchev–Trinajstić information content (AvgIpc) is 3.60. The van der Waals surface area contributed by atoms with E-state index in [0.717, 1.165) is 0 Å². The van der Waals surface area contributed by atoms with Crippen molar-refractivity contribution >= 4 is 17.0 Å². The summed E-state index contributed by atoms with van der Waals surface area (Å²) in [5.74, 6) is -0.993. The minimum absolute atomic E-state index is 0.0496. The van der Waals surface area contributed by atoms with E-state index in [1.807, 2.05) is 0 Å². The molecule has 0 saturated heterocycles. The Labute approximate surface area is 189 Å². The molecule has 2 aliphatic heterocycles. The van der Waals surface area contributed by atoms with Crippen molar-refractivity contribution in [1.82, 2.24) is 34.6 Å². The van der Waals surface area contributed by atoms with Gasteiger partial charge in [0.25, 0.3) is 5.91 Å². The summed E-state index contributed by atoms with van der Waals surface area (Å²) in [5.41, 5.74) is 2.25. The molecule has 34 heavy (non-hydrogen) atoms. The predicted octanol–water partition coefficient (Wildman–Crippen LogP) is 3.26. The molecule has 7 rings (SSSR count). The van der Waals surface area contributed by atoms with Gasteiger partial charge in [0.15, 0.2) is 17.8 Å². The van der Waals surface area contributed by atoms with Gasteiger partial charge in [-0.25, -0.2) is 23.7 Å². The number of aromatic amines is 1. The lowest BCUT2D eigenvalue weighted by atomic mass is 9.88. The van der Waals surface area contributed by atoms with Crippen molar-refractivity contribution in [2.24, 2.45) is 7.05 Å². The van der Waals surface area contributed by atoms with Crippen LogP contribution < -0.4 is 0 Å². The normalized spacial score (nSPS) is 21.6. The summed E-state index contributed by atoms with van der Waals surface area (Å²) >= 11 is 0. The van der Waals surface area contributed by atoms with Crippen LogP contribution in [0.15, 0.2) is 45.8 Å². The van der Waals surface area contributed by atoms with Crippen molar-refractivity contribution in [1.29, 1.82) is 0 Å². The monoisotopic (exact) mass is 463 g/mol. The van der Waals surface area contributed by atoms with Gasteiger partial charge in [-0.15, -0.1) is 0 Å². The molecule has 0 fully saturated rings. The molecule has 0 bridgehead atoms. The number of H-pyrrole nitrogens is 1. The second-order valence-electron chi connectivity index (χ2n) is 8.35. The number of benzene rings is 1. The van der Waals surface area contributed by atoms with Crippen LogP contribution in [0.3, 0.4) is 0 Å². The largest absolute Gasteiger partial charge is 0.438 e. The molecule has 0 aliphatic carbocycles. The number of carbonyl (C=O) groups is 1. The topological polar surface area (TPSA) is 119 Å². The van der Waals surface area contributed by atoms with E-state index < -0.39 is 30.0 Å². The van der Waals surface area contributed by atoms with Crippen molar-refractivity contribution in [2.75, 3.05) is 0 Å². The maximum Gasteiger partial charge on any atom is 0.293 e. The second-order valence-corrected chi connectivity index (χ2v) is 8.35. The summed E-state index contributed by atoms with van der Waals surface area (Å²) < 4.78 is 42.8. The highest BCUT2D eigenvalue weighted by atomic mass is 19.1. The molecule has 1 N–H and O–H groups in total. The number of alkyl halides is 1. The molecule has 12 heteroatoms. The molecule has 1 amide bonds. The Kier molecular flexibility index (Phi) is 3.71. The summed E-state index contributed by atoms with van der Waals surface area (Å²) in [7, 11) is 1.73. The summed E-state index contributed by atoms with van der Waals surface area (Å²) in [6.07, 6.45) is 3.24. The molecule has 3 atom stereocenters. The summed E-state index contributed by atoms with van der Waals surface area (Å²) in [5, 5.41) is 4.08. The molecule has 4 aromatic heterocycles. The molecule has 6 heterocycles. The Morgan fingerprint density at radius 1 is 1.21 bits per heavy atom. The van der Waals surface area contributed by atoms with E-state index in [0.29, 0.717) is 22.5 Å². The van der Waals surface area contributed by atoms with E-state index in [-0.39, 0.29) is 35.2 Å². The third-order valence-electron chi connectivity index (χ3n) is 6.29. The van der Waals surface area contributed by atoms with Gasteiger partial charge in [0.2, 0.25) is 17.5 Å². The van der Waals surface area contributed by atoms with Crippen molar-refractivity contribution in [3.8, 4) is 11.5 Å². The molecule has 2 aliphatic rings. The lowest BCUT2D eigenvalue weighted by Gasteiger charge is -2.42. The van der Waals surface area contributed by atoms with Gasteiger partial charge in [-0.2, -0.15) is 5.10 Å². The molecule has 1 aromatic carbocycles. The van der Waals surface area contributed by atoms with Crippen molar-refractivity contribution in [2.45, 2.75) is 24.7 Å². The number of rotatable bonds is 2. The number of carbonyl (C=O) groups excluding carboxylic acids is 1. The molecule has 0 radical (unpaired) electrons. The highest BCUT2D eigenvalue weighted by Gasteiger charge is 2.52. The first kappa shape index (κ1) is 19.1. The third-order valence-corrected chi connectivity index (χ3v) is 6.29. The number of imidazole rings is 1. The van der Waals surface area contributed by atoms with Crippen LogP contribution in [-0.2, 0) is 13.5 Å². The van der Waals surface area contributed by atoms with E-state index in [2.05, 4.69) is 25.0 Å². The van der Waals surface area contributed by atoms with Crippen molar-refractivity contribution < 1.29 is 22.4 Å². The van der Waals surface area contributed by atoms with Gasteiger partial charge in [0, 0.05) is 31.4 Å². The van der Waals surface area contributed by atoms with Gasteiger partial charge in [-0.3, -0.25) is 9.48 Å². The molecule has 10 nitrogen and oxygen atoms in total. The molecule has 0 spiro atoms. The number of aromatic nitrogens is 6. The average molecular weight is 463 g/mol. The smallest absolute Gasteiger partial charge is 0.293 e. The first-order chi connectivity index (χ1) is 16.5. The fourth-order valence-electron chi connectivity index (χ4n) is 4.77. The maximum atomic E-state index is 15.9. The highest BCUT2D eigenvalue weighted by molar-refractivity contribution is 5.95. The third kappa shape index (κ3) is 2.56. The molecule has 5 aromatic rings. The predicted molar refractivity (Wildman–Crippen MR) is 111 cm³/mol. The van der Waals surface area contributed by atoms with E-state index in [9.17, 15) is 9.18 Å². The zero-order valence-electron chi connectivity index (χ0n) is 17.6. The number of nitrogens with zero attached hydrogens (tertiary/aromatic N) is 6. The van der Waals surface area contributed by atoms with Crippen LogP contribution in [-0.4, -0.2) is 46.6 Å². The maximum absolute atomic E-state index is 15.9. The van der Waals surface area contributed by atoms with Crippen molar-refractivity contribution in [3.63, 3.8) is 0 Å². The summed E-state index contributed by atoms with van der Waals surface area (Å²) in [6.45, 7) is 0. The quantitative estimate of drug-likeness (QED) is 0.427. The van der Waals surface area contributed by atoms with Gasteiger partial charge in [-0.05, 0) is 12.1 Å². The molecule has 0 saturated carbocycles. The molecular weight excluding hydrogens is 448 g/mol. The minimum atomic E-state index is -1.62. The van der Waals surface area contributed by atoms with Crippen LogP contribution in [0, 0.1) is 5.82 Å². The Hall–Kier alpha value is -4.35. The van der Waals surface area contributed by atoms with Gasteiger partial charge in [0.05, 0.1) is 29.8 Å². The number of aryl methyl sites for hydroxylation is 1. The number of amides is 1. The SMILES string of the molecule is Cn1cc(-c2nc3c(o2)C(=O)N2C(Cc4[nH]cnc4[C@H]2c2nc4cc(F)ccc4o2)C3F)cn1. The first-order valence-electron chi connectivity index (χ1n) is 10.5. The lowest BCUT2D eigenvalue weighted by Crippen LogP contribution is -2.52. The Morgan fingerprint density at radius 3 is 2.91 bits per heavy atom. The van der Waals surface area contributed by atoms with Crippen LogP contribution >= 0.6 is 0 Å². The van der Waals surface area contributed by atoms with E-state index >= 15 is 4.39 Å². The fraction of sp³-hybridized carbons (Fsp3) is 0.227. The van der Waals surface area contributed by atoms with Gasteiger partial charge >= 0.3 is 0 Å². The first-order valence-corrected chi connectivity index (χ1v) is 10.5. The molecule has 170 valence electrons. The number of hydrogen-bond acceptors (Lipinski definition) is 7. The van der Waals surface area contributed by atoms with Gasteiger partial charge in [0.1, 0.15) is 17.0 Å². The Balaban J connectivity index is 1.39. The second kappa shape index (κ2) is 6.59. The van der Waals surface area contributed by atoms with Crippen LogP contribution in [0.4, 0.5) is 8.78 Å². The van der Waals surface area contributed by atoms with Gasteiger partial charge < -0.3 is 18.7 Å². The highest BCUT2D eigenvalue weighted by Crippen LogP contribution is 2.46. The zero-order chi connectivity index (χ0) is 23.1. The number of nitrogens with one attached hydrogen (secondary N) is 1. The number of fused-ring (bicyclic) bond motifs is 4. The van der Waals surface area contributed by atoms with Crippen LogP contribution in [0.25, 0.3) is 22.6 Å². The van der Waals surface area contributed by atoms with Gasteiger partial charge in [-0.1, -0.05) is 0 Å². The van der Waals surface area contributed by atoms with Crippen LogP contribution in [0.1, 0.15) is 45.7 Å². The summed E-state index contributed by atoms with van der Waals surface area (Å²) in [6, 6.07) is 2.12. The molecule has 2 unspecified atom stereocenters. The Morgan fingerprint density at radius 2 is 2.09 bits per heavy atom. The lowest BCUT2D eigenvalue weighted by molar-refractivity contribution is 0.0257. The fourth-order valence-corrected chi connectivity index (χ4v) is 4.77. The summed E-state index contributed by atoms with van der Waals surface area (Å²) in [4.78, 5) is 31.1. The van der Waals surface area contributed by atoms with E-state index in [1.54, 1.807) is 17.9 Å². The molecular formula is C22H15F2N7O3. The number of hydrogen-bond donors (Lipinski definition) is 1. The minimum Gasteiger partial charge on any atom is -0.438 e. The number of oxazole rings is 2. The van der Waals surface area contributed by atoms with E-state index in [4.69, 9.17) is 8.83 Å². The van der Waals surface area contributed by atoms with Crippen molar-refractivity contribution in [3.05, 3.63) is 71.5 Å². The zero-order valence-corrected chi connectivity index (χ0v) is 17.6. The van der Waals surface area contributed by atoms with Crippen LogP contribution in [0.5, 0.6) is 0 Å². The number of halogens is 2. The van der Waals surface area contributed by atoms with Crippen LogP contribution in [0.2, 0.25) is 0 Å². The van der Waals surface area contributed by atoms with E-state index in [1.165, 1.54) is 35.6 Å².